The summed E-state index contributed by atoms with van der Waals surface area (Å²) in [5, 5.41) is 13.1. The van der Waals surface area contributed by atoms with E-state index in [1.54, 1.807) is 19.1 Å². The fourth-order valence-electron chi connectivity index (χ4n) is 3.56. The number of nitrogens with two attached hydrogens (primary N) is 1. The Labute approximate surface area is 130 Å². The highest BCUT2D eigenvalue weighted by Gasteiger charge is 2.24. The van der Waals surface area contributed by atoms with Gasteiger partial charge in [0, 0.05) is 28.5 Å². The minimum absolute atomic E-state index is 0.165. The molecule has 0 spiro atoms. The molecule has 1 fully saturated rings. The van der Waals surface area contributed by atoms with Crippen LogP contribution in [0.3, 0.4) is 0 Å². The number of rotatable bonds is 3. The molecule has 1 saturated carbocycles. The van der Waals surface area contributed by atoms with Gasteiger partial charge in [-0.15, -0.1) is 0 Å². The molecular weight excluding hydrogens is 278 g/mol. The molecule has 1 aromatic heterocycles. The largest absolute Gasteiger partial charge is 0.508 e. The summed E-state index contributed by atoms with van der Waals surface area (Å²) in [6.45, 7) is 4.87. The molecule has 1 aromatic carbocycles. The number of quaternary nitrogens is 1. The van der Waals surface area contributed by atoms with Crippen LogP contribution in [0.2, 0.25) is 0 Å². The van der Waals surface area contributed by atoms with Gasteiger partial charge in [-0.05, 0) is 38.3 Å². The van der Waals surface area contributed by atoms with Gasteiger partial charge in [-0.2, -0.15) is 0 Å². The number of phenolic OH excluding ortho intramolecular Hbond substituents is 1. The molecule has 2 atom stereocenters. The van der Waals surface area contributed by atoms with E-state index in [-0.39, 0.29) is 11.4 Å². The van der Waals surface area contributed by atoms with Crippen molar-refractivity contribution in [1.82, 2.24) is 0 Å². The molecule has 1 aliphatic carbocycles. The zero-order valence-corrected chi connectivity index (χ0v) is 13.3. The zero-order chi connectivity index (χ0) is 15.7. The van der Waals surface area contributed by atoms with Crippen LogP contribution in [0.25, 0.3) is 11.0 Å². The molecule has 4 heteroatoms. The molecule has 0 unspecified atom stereocenters. The smallest absolute Gasteiger partial charge is 0.336 e. The van der Waals surface area contributed by atoms with Crippen molar-refractivity contribution in [3.63, 3.8) is 0 Å². The number of hydrogen-bond donors (Lipinski definition) is 2. The van der Waals surface area contributed by atoms with Gasteiger partial charge in [-0.25, -0.2) is 4.79 Å². The third-order valence-electron chi connectivity index (χ3n) is 5.04. The summed E-state index contributed by atoms with van der Waals surface area (Å²) >= 11 is 0. The van der Waals surface area contributed by atoms with Crippen molar-refractivity contribution >= 4 is 11.0 Å². The van der Waals surface area contributed by atoms with Gasteiger partial charge in [-0.1, -0.05) is 13.3 Å². The summed E-state index contributed by atoms with van der Waals surface area (Å²) in [5.74, 6) is 0.892. The van der Waals surface area contributed by atoms with Gasteiger partial charge in [0.15, 0.2) is 0 Å². The van der Waals surface area contributed by atoms with Crippen molar-refractivity contribution in [1.29, 1.82) is 0 Å². The van der Waals surface area contributed by atoms with Crippen LogP contribution < -0.4 is 10.9 Å². The maximum atomic E-state index is 11.8. The maximum absolute atomic E-state index is 11.8. The van der Waals surface area contributed by atoms with Crippen LogP contribution in [0.5, 0.6) is 5.75 Å². The van der Waals surface area contributed by atoms with E-state index in [0.29, 0.717) is 17.2 Å². The van der Waals surface area contributed by atoms with Crippen LogP contribution in [0.1, 0.15) is 43.7 Å². The molecule has 118 valence electrons. The molecule has 2 aromatic rings. The molecule has 3 rings (SSSR count). The quantitative estimate of drug-likeness (QED) is 0.856. The minimum atomic E-state index is -0.346. The predicted molar refractivity (Wildman–Crippen MR) is 85.9 cm³/mol. The second-order valence-electron chi connectivity index (χ2n) is 6.54. The number of benzene rings is 1. The zero-order valence-electron chi connectivity index (χ0n) is 13.3. The highest BCUT2D eigenvalue weighted by Crippen LogP contribution is 2.27. The SMILES string of the molecule is Cc1c(O)ccc2c(C[NH2+][C@@H]3CCCC[C@H]3C)cc(=O)oc12. The average molecular weight is 302 g/mol. The first-order valence-corrected chi connectivity index (χ1v) is 8.15. The highest BCUT2D eigenvalue weighted by atomic mass is 16.4. The Kier molecular flexibility index (Phi) is 4.21. The fourth-order valence-corrected chi connectivity index (χ4v) is 3.56. The van der Waals surface area contributed by atoms with Gasteiger partial charge < -0.3 is 14.8 Å². The lowest BCUT2D eigenvalue weighted by Crippen LogP contribution is -2.90. The normalized spacial score (nSPS) is 22.1. The Morgan fingerprint density at radius 3 is 2.86 bits per heavy atom. The number of phenols is 1. The lowest BCUT2D eigenvalue weighted by atomic mass is 9.86. The van der Waals surface area contributed by atoms with E-state index >= 15 is 0 Å². The fraction of sp³-hybridized carbons (Fsp3) is 0.500. The monoisotopic (exact) mass is 302 g/mol. The standard InChI is InChI=1S/C18H23NO3/c1-11-5-3-4-6-15(11)19-10-13-9-17(21)22-18-12(2)16(20)8-7-14(13)18/h7-9,11,15,19-20H,3-6,10H2,1-2H3/p+1/t11-,15-/m1/s1. The molecule has 4 nitrogen and oxygen atoms in total. The first-order chi connectivity index (χ1) is 10.6. The number of aromatic hydroxyl groups is 1. The van der Waals surface area contributed by atoms with Gasteiger partial charge >= 0.3 is 5.63 Å². The molecular formula is C18H24NO3+. The Balaban J connectivity index is 1.90. The van der Waals surface area contributed by atoms with Crippen LogP contribution in [0.15, 0.2) is 27.4 Å². The second kappa shape index (κ2) is 6.13. The summed E-state index contributed by atoms with van der Waals surface area (Å²) in [4.78, 5) is 11.8. The van der Waals surface area contributed by atoms with E-state index in [0.717, 1.165) is 23.4 Å². The molecule has 22 heavy (non-hydrogen) atoms. The Morgan fingerprint density at radius 1 is 1.32 bits per heavy atom. The van der Waals surface area contributed by atoms with Gasteiger partial charge in [0.05, 0.1) is 6.04 Å². The highest BCUT2D eigenvalue weighted by molar-refractivity contribution is 5.84. The van der Waals surface area contributed by atoms with Crippen LogP contribution in [0.4, 0.5) is 0 Å². The van der Waals surface area contributed by atoms with E-state index in [1.165, 1.54) is 25.7 Å². The van der Waals surface area contributed by atoms with E-state index in [4.69, 9.17) is 4.42 Å². The van der Waals surface area contributed by atoms with Crippen LogP contribution >= 0.6 is 0 Å². The summed E-state index contributed by atoms with van der Waals surface area (Å²) in [6.07, 6.45) is 5.18. The molecule has 0 bridgehead atoms. The summed E-state index contributed by atoms with van der Waals surface area (Å²) in [7, 11) is 0. The van der Waals surface area contributed by atoms with Crippen LogP contribution in [0, 0.1) is 12.8 Å². The lowest BCUT2D eigenvalue weighted by molar-refractivity contribution is -0.712. The van der Waals surface area contributed by atoms with Gasteiger partial charge in [-0.3, -0.25) is 0 Å². The van der Waals surface area contributed by atoms with E-state index in [9.17, 15) is 9.90 Å². The topological polar surface area (TPSA) is 67.1 Å². The number of aryl methyl sites for hydroxylation is 1. The van der Waals surface area contributed by atoms with Crippen molar-refractivity contribution in [3.05, 3.63) is 39.7 Å². The molecule has 3 N–H and O–H groups in total. The molecule has 1 heterocycles. The predicted octanol–water partition coefficient (Wildman–Crippen LogP) is 2.45. The van der Waals surface area contributed by atoms with Crippen LogP contribution in [-0.2, 0) is 6.54 Å². The van der Waals surface area contributed by atoms with E-state index in [1.807, 2.05) is 6.07 Å². The number of fused-ring (bicyclic) bond motifs is 1. The van der Waals surface area contributed by atoms with Gasteiger partial charge in [0.25, 0.3) is 0 Å². The van der Waals surface area contributed by atoms with E-state index < -0.39 is 0 Å². The minimum Gasteiger partial charge on any atom is -0.508 e. The van der Waals surface area contributed by atoms with Gasteiger partial charge in [0.1, 0.15) is 17.9 Å². The van der Waals surface area contributed by atoms with E-state index in [2.05, 4.69) is 12.2 Å². The molecule has 0 aliphatic heterocycles. The van der Waals surface area contributed by atoms with Crippen molar-refractivity contribution in [3.8, 4) is 5.75 Å². The third kappa shape index (κ3) is 2.88. The first-order valence-electron chi connectivity index (χ1n) is 8.15. The molecule has 0 radical (unpaired) electrons. The first kappa shape index (κ1) is 15.1. The Hall–Kier alpha value is -1.81. The van der Waals surface area contributed by atoms with Crippen LogP contribution in [-0.4, -0.2) is 11.1 Å². The lowest BCUT2D eigenvalue weighted by Gasteiger charge is -2.26. The Bertz CT molecular complexity index is 735. The van der Waals surface area contributed by atoms with Crippen molar-refractivity contribution < 1.29 is 14.8 Å². The Morgan fingerprint density at radius 2 is 2.09 bits per heavy atom. The number of hydrogen-bond acceptors (Lipinski definition) is 3. The van der Waals surface area contributed by atoms with Crippen molar-refractivity contribution in [2.24, 2.45) is 5.92 Å². The molecule has 0 amide bonds. The van der Waals surface area contributed by atoms with Crippen molar-refractivity contribution in [2.75, 3.05) is 0 Å². The summed E-state index contributed by atoms with van der Waals surface area (Å²) in [6, 6.07) is 5.73. The average Bonchev–Trinajstić information content (AvgIpc) is 2.50. The summed E-state index contributed by atoms with van der Waals surface area (Å²) < 4.78 is 5.30. The van der Waals surface area contributed by atoms with Gasteiger partial charge in [0.2, 0.25) is 0 Å². The second-order valence-corrected chi connectivity index (χ2v) is 6.54. The summed E-state index contributed by atoms with van der Waals surface area (Å²) in [5.41, 5.74) is 1.78. The molecule has 0 saturated heterocycles. The third-order valence-corrected chi connectivity index (χ3v) is 5.04. The molecule has 1 aliphatic rings. The van der Waals surface area contributed by atoms with Crippen molar-refractivity contribution in [2.45, 2.75) is 52.1 Å². The maximum Gasteiger partial charge on any atom is 0.336 e.